The van der Waals surface area contributed by atoms with Crippen molar-refractivity contribution in [2.45, 2.75) is 18.9 Å². The molecule has 1 fully saturated rings. The largest absolute Gasteiger partial charge is 0.469 e. The Balaban J connectivity index is 2.02. The Morgan fingerprint density at radius 3 is 2.85 bits per heavy atom. The van der Waals surface area contributed by atoms with E-state index in [1.54, 1.807) is 0 Å². The van der Waals surface area contributed by atoms with Crippen LogP contribution in [0.5, 0.6) is 0 Å². The van der Waals surface area contributed by atoms with Crippen LogP contribution in [0.2, 0.25) is 0 Å². The summed E-state index contributed by atoms with van der Waals surface area (Å²) < 4.78 is 4.69. The number of carbonyl (C=O) groups excluding carboxylic acids is 1. The molecule has 0 aliphatic heterocycles. The zero-order valence-electron chi connectivity index (χ0n) is 7.64. The fraction of sp³-hybridized carbons (Fsp3) is 0.700. The molecule has 1 saturated carbocycles. The summed E-state index contributed by atoms with van der Waals surface area (Å²) in [7, 11) is 1.42. The molecule has 72 valence electrons. The number of rotatable bonds is 1. The smallest absolute Gasteiger partial charge is 0.308 e. The van der Waals surface area contributed by atoms with E-state index in [0.717, 1.165) is 12.8 Å². The van der Waals surface area contributed by atoms with Crippen molar-refractivity contribution in [3.63, 3.8) is 0 Å². The molecule has 0 unspecified atom stereocenters. The van der Waals surface area contributed by atoms with E-state index in [4.69, 9.17) is 0 Å². The van der Waals surface area contributed by atoms with Gasteiger partial charge in [0.15, 0.2) is 0 Å². The average Bonchev–Trinajstić information content (AvgIpc) is 2.67. The summed E-state index contributed by atoms with van der Waals surface area (Å²) >= 11 is 0. The summed E-state index contributed by atoms with van der Waals surface area (Å²) in [6.07, 6.45) is 5.12. The van der Waals surface area contributed by atoms with E-state index in [-0.39, 0.29) is 23.9 Å². The molecule has 0 amide bonds. The van der Waals surface area contributed by atoms with Gasteiger partial charge in [0.1, 0.15) is 0 Å². The van der Waals surface area contributed by atoms with Crippen LogP contribution in [0.4, 0.5) is 0 Å². The van der Waals surface area contributed by atoms with Crippen molar-refractivity contribution in [2.24, 2.45) is 17.8 Å². The number of esters is 1. The van der Waals surface area contributed by atoms with Crippen molar-refractivity contribution >= 4 is 5.97 Å². The summed E-state index contributed by atoms with van der Waals surface area (Å²) in [6, 6.07) is 0. The third kappa shape index (κ3) is 1.37. The topological polar surface area (TPSA) is 46.5 Å². The summed E-state index contributed by atoms with van der Waals surface area (Å²) in [4.78, 5) is 11.2. The lowest BCUT2D eigenvalue weighted by atomic mass is 9.98. The number of aliphatic hydroxyl groups excluding tert-OH is 1. The molecule has 2 rings (SSSR count). The van der Waals surface area contributed by atoms with Gasteiger partial charge in [-0.2, -0.15) is 0 Å². The second-order valence-electron chi connectivity index (χ2n) is 3.89. The second kappa shape index (κ2) is 3.14. The quantitative estimate of drug-likeness (QED) is 0.480. The minimum atomic E-state index is -0.348. The van der Waals surface area contributed by atoms with Crippen LogP contribution in [-0.2, 0) is 9.53 Å². The van der Waals surface area contributed by atoms with Crippen LogP contribution >= 0.6 is 0 Å². The van der Waals surface area contributed by atoms with Crippen LogP contribution in [0, 0.1) is 17.8 Å². The van der Waals surface area contributed by atoms with Crippen molar-refractivity contribution < 1.29 is 14.6 Å². The lowest BCUT2D eigenvalue weighted by molar-refractivity contribution is -0.145. The van der Waals surface area contributed by atoms with Gasteiger partial charge in [-0.05, 0) is 24.7 Å². The van der Waals surface area contributed by atoms with Crippen LogP contribution in [0.3, 0.4) is 0 Å². The Kier molecular flexibility index (Phi) is 2.12. The van der Waals surface area contributed by atoms with Crippen molar-refractivity contribution in [1.29, 1.82) is 0 Å². The molecule has 3 heteroatoms. The summed E-state index contributed by atoms with van der Waals surface area (Å²) in [5.74, 6) is 0.512. The molecule has 0 spiro atoms. The van der Waals surface area contributed by atoms with Gasteiger partial charge in [-0.15, -0.1) is 0 Å². The van der Waals surface area contributed by atoms with Gasteiger partial charge in [-0.1, -0.05) is 12.2 Å². The van der Waals surface area contributed by atoms with E-state index < -0.39 is 0 Å². The Bertz CT molecular complexity index is 247. The highest BCUT2D eigenvalue weighted by molar-refractivity contribution is 5.72. The number of allylic oxidation sites excluding steroid dienone is 1. The average molecular weight is 182 g/mol. The molecular formula is C10H14O3. The number of ether oxygens (including phenoxy) is 1. The van der Waals surface area contributed by atoms with Gasteiger partial charge in [-0.3, -0.25) is 4.79 Å². The molecule has 1 N–H and O–H groups in total. The number of methoxy groups -OCH3 is 1. The molecule has 0 saturated heterocycles. The molecular weight excluding hydrogens is 168 g/mol. The van der Waals surface area contributed by atoms with Gasteiger partial charge in [0.25, 0.3) is 0 Å². The van der Waals surface area contributed by atoms with Gasteiger partial charge >= 0.3 is 5.97 Å². The molecule has 4 atom stereocenters. The summed E-state index contributed by atoms with van der Waals surface area (Å²) in [6.45, 7) is 0. The monoisotopic (exact) mass is 182 g/mol. The molecule has 0 radical (unpaired) electrons. The van der Waals surface area contributed by atoms with E-state index in [0.29, 0.717) is 5.92 Å². The molecule has 3 nitrogen and oxygen atoms in total. The van der Waals surface area contributed by atoms with Crippen LogP contribution in [-0.4, -0.2) is 24.3 Å². The summed E-state index contributed by atoms with van der Waals surface area (Å²) in [5, 5.41) is 9.53. The number of hydrogen-bond donors (Lipinski definition) is 1. The minimum absolute atomic E-state index is 0.000370. The van der Waals surface area contributed by atoms with Gasteiger partial charge in [0, 0.05) is 0 Å². The minimum Gasteiger partial charge on any atom is -0.469 e. The second-order valence-corrected chi connectivity index (χ2v) is 3.89. The third-order valence-corrected chi connectivity index (χ3v) is 3.19. The Hall–Kier alpha value is -0.830. The summed E-state index contributed by atoms with van der Waals surface area (Å²) in [5.41, 5.74) is 0. The Morgan fingerprint density at radius 1 is 1.46 bits per heavy atom. The Labute approximate surface area is 77.4 Å². The lowest BCUT2D eigenvalue weighted by Crippen LogP contribution is -2.17. The van der Waals surface area contributed by atoms with Gasteiger partial charge < -0.3 is 9.84 Å². The molecule has 0 aromatic rings. The standard InChI is InChI=1S/C10H14O3/c1-13-10(12)7-4-6-2-3-9(11)8(6)5-7/h2-3,6-9,11H,4-5H2,1H3/t6-,7+,8+,9+/m1/s1. The number of carbonyl (C=O) groups is 1. The normalized spacial score (nSPS) is 42.0. The first-order valence-corrected chi connectivity index (χ1v) is 4.66. The predicted octanol–water partition coefficient (Wildman–Crippen LogP) is 0.732. The molecule has 0 heterocycles. The zero-order valence-corrected chi connectivity index (χ0v) is 7.64. The van der Waals surface area contributed by atoms with Crippen LogP contribution < -0.4 is 0 Å². The fourth-order valence-corrected chi connectivity index (χ4v) is 2.48. The first kappa shape index (κ1) is 8.75. The number of aliphatic hydroxyl groups is 1. The molecule has 2 aliphatic rings. The maximum Gasteiger partial charge on any atom is 0.308 e. The third-order valence-electron chi connectivity index (χ3n) is 3.19. The lowest BCUT2D eigenvalue weighted by Gasteiger charge is -2.12. The van der Waals surface area contributed by atoms with E-state index in [1.165, 1.54) is 7.11 Å². The molecule has 13 heavy (non-hydrogen) atoms. The molecule has 0 bridgehead atoms. The van der Waals surface area contributed by atoms with E-state index in [2.05, 4.69) is 4.74 Å². The highest BCUT2D eigenvalue weighted by atomic mass is 16.5. The molecule has 0 aromatic carbocycles. The Morgan fingerprint density at radius 2 is 2.23 bits per heavy atom. The van der Waals surface area contributed by atoms with Gasteiger partial charge in [-0.25, -0.2) is 0 Å². The highest BCUT2D eigenvalue weighted by Crippen LogP contribution is 2.43. The first-order chi connectivity index (χ1) is 6.22. The van der Waals surface area contributed by atoms with Gasteiger partial charge in [0.2, 0.25) is 0 Å². The first-order valence-electron chi connectivity index (χ1n) is 4.66. The zero-order chi connectivity index (χ0) is 9.42. The van der Waals surface area contributed by atoms with Crippen molar-refractivity contribution in [1.82, 2.24) is 0 Å². The van der Waals surface area contributed by atoms with Gasteiger partial charge in [0.05, 0.1) is 19.1 Å². The van der Waals surface area contributed by atoms with E-state index in [9.17, 15) is 9.90 Å². The van der Waals surface area contributed by atoms with Crippen LogP contribution in [0.15, 0.2) is 12.2 Å². The van der Waals surface area contributed by atoms with Crippen molar-refractivity contribution in [2.75, 3.05) is 7.11 Å². The maximum absolute atomic E-state index is 11.2. The number of hydrogen-bond acceptors (Lipinski definition) is 3. The maximum atomic E-state index is 11.2. The SMILES string of the molecule is COC(=O)[C@@H]1C[C@H]2[C@H](C=C[C@@H]2O)C1. The van der Waals surface area contributed by atoms with E-state index in [1.807, 2.05) is 12.2 Å². The molecule has 0 aromatic heterocycles. The van der Waals surface area contributed by atoms with Crippen LogP contribution in [0.25, 0.3) is 0 Å². The van der Waals surface area contributed by atoms with E-state index >= 15 is 0 Å². The highest BCUT2D eigenvalue weighted by Gasteiger charge is 2.42. The molecule has 2 aliphatic carbocycles. The predicted molar refractivity (Wildman–Crippen MR) is 46.9 cm³/mol. The van der Waals surface area contributed by atoms with Crippen LogP contribution in [0.1, 0.15) is 12.8 Å². The fourth-order valence-electron chi connectivity index (χ4n) is 2.48. The van der Waals surface area contributed by atoms with Crippen molar-refractivity contribution in [3.05, 3.63) is 12.2 Å². The number of fused-ring (bicyclic) bond motifs is 1. The van der Waals surface area contributed by atoms with Crippen molar-refractivity contribution in [3.8, 4) is 0 Å².